The van der Waals surface area contributed by atoms with Gasteiger partial charge in [0.25, 0.3) is 11.8 Å². The molecule has 1 aliphatic carbocycles. The number of rotatable bonds is 18. The molecule has 4 N–H and O–H groups in total. The number of hydrogen-bond acceptors (Lipinski definition) is 29. The maximum atomic E-state index is 12.6. The van der Waals surface area contributed by atoms with Gasteiger partial charge in [-0.1, -0.05) is 65.1 Å². The average Bonchev–Trinajstić information content (AvgIpc) is 1.75. The topological polar surface area (TPSA) is 463 Å². The Kier molecular flexibility index (Phi) is 26.7. The summed E-state index contributed by atoms with van der Waals surface area (Å²) >= 11 is 17.4. The van der Waals surface area contributed by atoms with Crippen LogP contribution in [0, 0.1) is 36.8 Å². The van der Waals surface area contributed by atoms with Crippen LogP contribution < -0.4 is 47.0 Å². The number of hydrogen-bond donors (Lipinski definition) is 3. The van der Waals surface area contributed by atoms with Crippen molar-refractivity contribution in [1.82, 2.24) is 93.9 Å². The Hall–Kier alpha value is -12.1. The monoisotopic (exact) mass is 1690 g/mol. The Labute approximate surface area is 701 Å². The van der Waals surface area contributed by atoms with E-state index in [0.29, 0.717) is 53.7 Å². The number of nitro benzene ring substituents is 3. The van der Waals surface area contributed by atoms with Gasteiger partial charge in [-0.2, -0.15) is 25.5 Å². The number of nitrogens with zero attached hydrogens (tertiary/aromatic N) is 22. The van der Waals surface area contributed by atoms with Crippen molar-refractivity contribution < 1.29 is 95.6 Å². The van der Waals surface area contributed by atoms with E-state index >= 15 is 0 Å². The van der Waals surface area contributed by atoms with Gasteiger partial charge in [-0.25, -0.2) is 57.9 Å². The van der Waals surface area contributed by atoms with Gasteiger partial charge < -0.3 is 58.5 Å². The van der Waals surface area contributed by atoms with E-state index in [1.165, 1.54) is 143 Å². The number of aromatic nitrogens is 17. The summed E-state index contributed by atoms with van der Waals surface area (Å²) in [4.78, 5) is 91.6. The van der Waals surface area contributed by atoms with Gasteiger partial charge in [-0.3, -0.25) is 73.0 Å². The minimum absolute atomic E-state index is 0. The Morgan fingerprint density at radius 1 is 0.500 bits per heavy atom. The van der Waals surface area contributed by atoms with Crippen LogP contribution in [-0.4, -0.2) is 205 Å². The summed E-state index contributed by atoms with van der Waals surface area (Å²) in [5.74, 6) is -0.254. The van der Waals surface area contributed by atoms with E-state index in [9.17, 15) is 45.0 Å². The molecule has 12 aromatic rings. The first-order valence-corrected chi connectivity index (χ1v) is 31.8. The molecule has 112 heavy (non-hydrogen) atoms. The third-order valence-electron chi connectivity index (χ3n) is 14.0. The van der Waals surface area contributed by atoms with Crippen molar-refractivity contribution in [3.05, 3.63) is 210 Å². The first kappa shape index (κ1) is 69.1. The van der Waals surface area contributed by atoms with Crippen LogP contribution in [0.1, 0.15) is 54.1 Å². The minimum Gasteiger partial charge on any atom is -1.00 e. The summed E-state index contributed by atoms with van der Waals surface area (Å²) < 4.78 is 133. The zero-order valence-electron chi connectivity index (χ0n) is 74.6. The van der Waals surface area contributed by atoms with Gasteiger partial charge in [0.05, 0.1) is 118 Å². The van der Waals surface area contributed by atoms with Gasteiger partial charge >= 0.3 is 40.1 Å². The van der Waals surface area contributed by atoms with Crippen molar-refractivity contribution >= 4 is 104 Å². The molecule has 0 atom stereocenters. The number of amides is 2. The zero-order chi connectivity index (χ0) is 93.0. The summed E-state index contributed by atoms with van der Waals surface area (Å²) in [5.41, 5.74) is 8.05. The predicted octanol–water partition coefficient (Wildman–Crippen LogP) is 7.51. The maximum absolute atomic E-state index is 12.6. The molecule has 5 aromatic carbocycles. The number of aryl methyl sites for hydroxylation is 5. The number of ether oxygens (including phenoxy) is 4. The van der Waals surface area contributed by atoms with Gasteiger partial charge in [0, 0.05) is 100 Å². The molecule has 0 saturated heterocycles. The number of nitrogens with one attached hydrogen (secondary N) is 1. The first-order chi connectivity index (χ1) is 58.6. The number of para-hydroxylation sites is 5. The van der Waals surface area contributed by atoms with E-state index in [-0.39, 0.29) is 141 Å². The fourth-order valence-corrected chi connectivity index (χ4v) is 9.42. The molecule has 0 aliphatic heterocycles. The molecule has 13 rings (SSSR count). The quantitative estimate of drug-likeness (QED) is 0.0187. The van der Waals surface area contributed by atoms with Crippen molar-refractivity contribution in [2.24, 2.45) is 34.9 Å². The number of carbonyl (C=O) groups excluding carboxylic acids is 2. The largest absolute Gasteiger partial charge is 2.00 e. The number of phenols is 1. The predicted molar refractivity (Wildman–Crippen MR) is 409 cm³/mol. The van der Waals surface area contributed by atoms with Crippen LogP contribution in [0.5, 0.6) is 28.7 Å². The van der Waals surface area contributed by atoms with Crippen molar-refractivity contribution in [2.75, 3.05) is 67.8 Å². The maximum Gasteiger partial charge on any atom is 2.00 e. The van der Waals surface area contributed by atoms with Gasteiger partial charge in [0.2, 0.25) is 17.2 Å². The van der Waals surface area contributed by atoms with Crippen LogP contribution in [0.25, 0.3) is 56.9 Å². The van der Waals surface area contributed by atoms with E-state index < -0.39 is 67.0 Å². The molecule has 2 amide bonds. The van der Waals surface area contributed by atoms with Crippen LogP contribution in [0.3, 0.4) is 0 Å². The Morgan fingerprint density at radius 2 is 0.830 bits per heavy atom. The van der Waals surface area contributed by atoms with E-state index in [1.807, 2.05) is 0 Å². The number of pyridine rings is 2. The van der Waals surface area contributed by atoms with Crippen LogP contribution >= 0.6 is 34.8 Å². The Balaban J connectivity index is 0.000000272. The number of halogens is 4. The standard InChI is InChI=1S/C18H19ClN6O3.2C10H10N4O3.C10H12N4O.C9H8N4O3.C8H8Cl2N2O2.C3H5.BrH.Mg/c1-24-10-21-17(23-24)11-6-5-7-13(16(11)27-3)22-14-8-15(19)20-9-12(14)18(26)25(2)28-4;2*1-13-6-11-10(12-13)7-4-3-5-8(14(15)16)9(7)17-2;1-14-6-12-10(13-14)7-4-3-5-8(11)9(7)15-2;1-12-5-10-9(11-12)6-3-2-4-7(8(6)14)13(15)16;1-12(14-2)8(13)5-4-11-7(10)3-6(5)9;1-2-3-1;;/h5-10H,1-4H3,(H,20,22);2*3-6H,1-2H3;3-6H,11H2,1-2H3;2-5,14H,1H3;3-4H,1-2H3;1H,2-3H2;1H;/q;;;;;;-1;;+2/p-1/i5*1D3;;;;. The summed E-state index contributed by atoms with van der Waals surface area (Å²) in [7, 11) is 11.2. The second-order valence-corrected chi connectivity index (χ2v) is 22.2. The number of aromatic hydroxyl groups is 1. The summed E-state index contributed by atoms with van der Waals surface area (Å²) in [6.07, 6.45) is 13.0. The van der Waals surface area contributed by atoms with Crippen LogP contribution in [0.4, 0.5) is 34.1 Å². The fraction of sp³-hybridized carbons (Fsp3) is 0.221. The molecule has 44 heteroatoms. The number of carbonyl (C=O) groups is 2. The average molecular weight is 1690 g/mol. The molecule has 1 saturated carbocycles. The Bertz CT molecular complexity index is 5670. The minimum atomic E-state index is -2.50. The Morgan fingerprint density at radius 3 is 1.19 bits per heavy atom. The van der Waals surface area contributed by atoms with Gasteiger partial charge in [0.15, 0.2) is 40.6 Å². The molecule has 7 heterocycles. The number of benzene rings is 5. The van der Waals surface area contributed by atoms with Gasteiger partial charge in [-0.15, -0.1) is 0 Å². The molecule has 0 spiro atoms. The number of nitrogens with two attached hydrogens (primary N) is 1. The summed E-state index contributed by atoms with van der Waals surface area (Å²) in [5, 5.41) is 67.4. The van der Waals surface area contributed by atoms with Gasteiger partial charge in [-0.05, 0) is 54.6 Å². The molecule has 39 nitrogen and oxygen atoms in total. The van der Waals surface area contributed by atoms with E-state index in [1.54, 1.807) is 36.4 Å². The smallest absolute Gasteiger partial charge is 1.00 e. The van der Waals surface area contributed by atoms with Gasteiger partial charge in [0.1, 0.15) is 41.9 Å². The molecule has 7 aromatic heterocycles. The molecule has 584 valence electrons. The number of methoxy groups -OCH3 is 4. The number of nitro groups is 3. The molecule has 0 bridgehead atoms. The number of anilines is 3. The first-order valence-electron chi connectivity index (χ1n) is 38.1. The van der Waals surface area contributed by atoms with Crippen molar-refractivity contribution in [3.63, 3.8) is 0 Å². The second kappa shape index (κ2) is 43.3. The summed E-state index contributed by atoms with van der Waals surface area (Å²) in [6, 6.07) is 25.5. The van der Waals surface area contributed by atoms with E-state index in [0.717, 1.165) is 57.2 Å². The second-order valence-electron chi connectivity index (χ2n) is 21.0. The van der Waals surface area contributed by atoms with Crippen LogP contribution in [0.2, 0.25) is 15.3 Å². The fourth-order valence-electron chi connectivity index (χ4n) is 8.82. The van der Waals surface area contributed by atoms with Crippen molar-refractivity contribution in [1.29, 1.82) is 0 Å². The number of nitrogen functional groups attached to an aromatic ring is 1. The van der Waals surface area contributed by atoms with E-state index in [4.69, 9.17) is 89.7 Å². The third kappa shape index (κ3) is 24.4. The molecular weight excluding hydrogens is 1600 g/mol. The molecule has 0 radical (unpaired) electrons. The summed E-state index contributed by atoms with van der Waals surface area (Å²) in [6.45, 7) is -12.2. The SMILES string of the molecule is CON(C)C(=O)c1cnc(Cl)cc1Cl.[2H]C([2H])([2H])n1cnc(-c2cccc(N)c2OC)n1.[2H]C([2H])([2H])n1cnc(-c2cccc(Nc3cc(Cl)ncc3C(=O)N(C)OC)c2OC)n1.[2H]C([2H])([2H])n1cnc(-c2cccc([N+](=O)[O-])c2O)n1.[2H]C([2H])([2H])n1cnc(-c2cccc([N+](=O)[O-])c2OC)n1.[2H]C([2H])([2H])n1cnc(-c2cccc([N+](=O)[O-])c2OC)n1.[Br-].[CH-]1CC1.[Mg+2]. The van der Waals surface area contributed by atoms with E-state index in [2.05, 4.69) is 72.1 Å². The molecule has 1 fully saturated rings. The molecule has 1 aliphatic rings. The third-order valence-corrected chi connectivity index (χ3v) is 14.7. The zero-order valence-corrected chi connectivity index (χ0v) is 64.9. The van der Waals surface area contributed by atoms with Crippen molar-refractivity contribution in [2.45, 2.75) is 12.8 Å². The number of phenolic OH excluding ortho intramolecular Hbond substituents is 1. The van der Waals surface area contributed by atoms with Crippen LogP contribution in [0.15, 0.2) is 147 Å². The van der Waals surface area contributed by atoms with Crippen molar-refractivity contribution in [3.8, 4) is 85.7 Å². The normalized spacial score (nSPS) is 13.0. The number of hydroxylamine groups is 4. The molecular formula is C68H72BrCl3MgN24O15. The molecule has 0 unspecified atom stereocenters. The van der Waals surface area contributed by atoms with Crippen LogP contribution in [-0.2, 0) is 44.6 Å².